The molecule has 0 bridgehead atoms. The van der Waals surface area contributed by atoms with Crippen LogP contribution in [0.1, 0.15) is 23.2 Å². The minimum absolute atomic E-state index is 0.104. The first-order valence-electron chi connectivity index (χ1n) is 5.34. The lowest BCUT2D eigenvalue weighted by Gasteiger charge is -2.26. The summed E-state index contributed by atoms with van der Waals surface area (Å²) in [5, 5.41) is 0.104. The number of ketones is 1. The number of piperidine rings is 1. The van der Waals surface area contributed by atoms with E-state index in [-0.39, 0.29) is 22.3 Å². The van der Waals surface area contributed by atoms with Crippen molar-refractivity contribution in [2.24, 2.45) is 0 Å². The van der Waals surface area contributed by atoms with Crippen LogP contribution in [0.15, 0.2) is 18.2 Å². The average molecular weight is 256 g/mol. The van der Waals surface area contributed by atoms with E-state index >= 15 is 0 Å². The summed E-state index contributed by atoms with van der Waals surface area (Å²) in [7, 11) is 0. The Kier molecular flexibility index (Phi) is 3.43. The molecule has 1 aliphatic rings. The smallest absolute Gasteiger partial charge is 0.255 e. The van der Waals surface area contributed by atoms with Gasteiger partial charge in [0.25, 0.3) is 5.91 Å². The summed E-state index contributed by atoms with van der Waals surface area (Å²) in [6, 6.07) is 3.69. The van der Waals surface area contributed by atoms with Crippen molar-refractivity contribution in [1.82, 2.24) is 4.90 Å². The highest BCUT2D eigenvalue weighted by molar-refractivity contribution is 6.33. The Morgan fingerprint density at radius 3 is 2.53 bits per heavy atom. The molecule has 1 saturated heterocycles. The molecule has 1 aromatic carbocycles. The number of benzene rings is 1. The van der Waals surface area contributed by atoms with Gasteiger partial charge in [-0.05, 0) is 18.2 Å². The van der Waals surface area contributed by atoms with Crippen molar-refractivity contribution in [3.8, 4) is 0 Å². The summed E-state index contributed by atoms with van der Waals surface area (Å²) < 4.78 is 12.9. The number of hydrogen-bond donors (Lipinski definition) is 0. The minimum Gasteiger partial charge on any atom is -0.338 e. The molecule has 0 unspecified atom stereocenters. The van der Waals surface area contributed by atoms with Gasteiger partial charge in [0.1, 0.15) is 11.6 Å². The van der Waals surface area contributed by atoms with Crippen LogP contribution in [0.4, 0.5) is 4.39 Å². The van der Waals surface area contributed by atoms with E-state index in [0.29, 0.717) is 25.9 Å². The van der Waals surface area contributed by atoms with E-state index in [0.717, 1.165) is 6.07 Å². The van der Waals surface area contributed by atoms with Gasteiger partial charge in [-0.1, -0.05) is 11.6 Å². The Hall–Kier alpha value is -1.42. The van der Waals surface area contributed by atoms with Gasteiger partial charge in [-0.3, -0.25) is 9.59 Å². The lowest BCUT2D eigenvalue weighted by atomic mass is 10.1. The van der Waals surface area contributed by atoms with Crippen molar-refractivity contribution in [3.05, 3.63) is 34.6 Å². The molecule has 1 aliphatic heterocycles. The van der Waals surface area contributed by atoms with Crippen molar-refractivity contribution in [1.29, 1.82) is 0 Å². The van der Waals surface area contributed by atoms with Gasteiger partial charge in [0.15, 0.2) is 0 Å². The SMILES string of the molecule is O=C1CCN(C(=O)c2ccc(F)cc2Cl)CC1. The Balaban J connectivity index is 2.16. The fourth-order valence-corrected chi connectivity index (χ4v) is 2.04. The molecule has 0 spiro atoms. The first kappa shape index (κ1) is 12.0. The zero-order valence-electron chi connectivity index (χ0n) is 9.08. The highest BCUT2D eigenvalue weighted by Gasteiger charge is 2.23. The normalized spacial score (nSPS) is 16.1. The van der Waals surface area contributed by atoms with Crippen molar-refractivity contribution >= 4 is 23.3 Å². The van der Waals surface area contributed by atoms with Gasteiger partial charge in [-0.25, -0.2) is 4.39 Å². The molecule has 0 aromatic heterocycles. The monoisotopic (exact) mass is 255 g/mol. The largest absolute Gasteiger partial charge is 0.338 e. The van der Waals surface area contributed by atoms with Gasteiger partial charge in [0.2, 0.25) is 0 Å². The third-order valence-corrected chi connectivity index (χ3v) is 3.08. The molecule has 0 saturated carbocycles. The fraction of sp³-hybridized carbons (Fsp3) is 0.333. The van der Waals surface area contributed by atoms with Crippen LogP contribution in [0, 0.1) is 5.82 Å². The molecule has 17 heavy (non-hydrogen) atoms. The van der Waals surface area contributed by atoms with Crippen molar-refractivity contribution in [3.63, 3.8) is 0 Å². The number of Topliss-reactive ketones (excluding diaryl/α,β-unsaturated/α-hetero) is 1. The van der Waals surface area contributed by atoms with E-state index < -0.39 is 5.82 Å². The van der Waals surface area contributed by atoms with Crippen LogP contribution in [0.25, 0.3) is 0 Å². The summed E-state index contributed by atoms with van der Waals surface area (Å²) >= 11 is 5.82. The second kappa shape index (κ2) is 4.84. The van der Waals surface area contributed by atoms with Crippen LogP contribution in [0.2, 0.25) is 5.02 Å². The van der Waals surface area contributed by atoms with E-state index in [2.05, 4.69) is 0 Å². The van der Waals surface area contributed by atoms with Crippen LogP contribution in [0.5, 0.6) is 0 Å². The zero-order valence-corrected chi connectivity index (χ0v) is 9.84. The number of rotatable bonds is 1. The predicted octanol–water partition coefficient (Wildman–Crippen LogP) is 2.28. The molecule has 0 N–H and O–H groups in total. The summed E-state index contributed by atoms with van der Waals surface area (Å²) in [5.41, 5.74) is 0.280. The molecule has 0 atom stereocenters. The third kappa shape index (κ3) is 2.64. The van der Waals surface area contributed by atoms with Crippen LogP contribution in [0.3, 0.4) is 0 Å². The number of carbonyl (C=O) groups is 2. The highest BCUT2D eigenvalue weighted by atomic mass is 35.5. The molecule has 5 heteroatoms. The fourth-order valence-electron chi connectivity index (χ4n) is 1.79. The second-order valence-electron chi connectivity index (χ2n) is 3.96. The quantitative estimate of drug-likeness (QED) is 0.772. The summed E-state index contributed by atoms with van der Waals surface area (Å²) in [4.78, 5) is 24.7. The molecular weight excluding hydrogens is 245 g/mol. The number of carbonyl (C=O) groups excluding carboxylic acids is 2. The molecule has 0 radical (unpaired) electrons. The Morgan fingerprint density at radius 2 is 1.94 bits per heavy atom. The second-order valence-corrected chi connectivity index (χ2v) is 4.36. The van der Waals surface area contributed by atoms with Gasteiger partial charge in [0, 0.05) is 25.9 Å². The van der Waals surface area contributed by atoms with Gasteiger partial charge in [0.05, 0.1) is 10.6 Å². The summed E-state index contributed by atoms with van der Waals surface area (Å²) in [5.74, 6) is -0.554. The van der Waals surface area contributed by atoms with Crippen molar-refractivity contribution < 1.29 is 14.0 Å². The van der Waals surface area contributed by atoms with E-state index in [1.807, 2.05) is 0 Å². The molecular formula is C12H11ClFNO2. The maximum Gasteiger partial charge on any atom is 0.255 e. The minimum atomic E-state index is -0.472. The molecule has 90 valence electrons. The highest BCUT2D eigenvalue weighted by Crippen LogP contribution is 2.20. The number of hydrogen-bond acceptors (Lipinski definition) is 2. The summed E-state index contributed by atoms with van der Waals surface area (Å²) in [6.07, 6.45) is 0.759. The lowest BCUT2D eigenvalue weighted by molar-refractivity contribution is -0.120. The van der Waals surface area contributed by atoms with E-state index in [4.69, 9.17) is 11.6 Å². The average Bonchev–Trinajstić information content (AvgIpc) is 2.29. The number of likely N-dealkylation sites (tertiary alicyclic amines) is 1. The Labute approximate surface area is 103 Å². The van der Waals surface area contributed by atoms with E-state index in [9.17, 15) is 14.0 Å². The molecule has 1 aromatic rings. The zero-order chi connectivity index (χ0) is 12.4. The van der Waals surface area contributed by atoms with Gasteiger partial charge >= 0.3 is 0 Å². The first-order valence-corrected chi connectivity index (χ1v) is 5.72. The van der Waals surface area contributed by atoms with Crippen molar-refractivity contribution in [2.45, 2.75) is 12.8 Å². The molecule has 1 fully saturated rings. The summed E-state index contributed by atoms with van der Waals surface area (Å²) in [6.45, 7) is 0.816. The van der Waals surface area contributed by atoms with Crippen LogP contribution < -0.4 is 0 Å². The van der Waals surface area contributed by atoms with E-state index in [1.54, 1.807) is 4.90 Å². The molecule has 1 amide bonds. The maximum atomic E-state index is 12.9. The van der Waals surface area contributed by atoms with Gasteiger partial charge < -0.3 is 4.90 Å². The van der Waals surface area contributed by atoms with Crippen LogP contribution >= 0.6 is 11.6 Å². The van der Waals surface area contributed by atoms with Gasteiger partial charge in [-0.2, -0.15) is 0 Å². The van der Waals surface area contributed by atoms with Crippen LogP contribution in [-0.4, -0.2) is 29.7 Å². The molecule has 0 aliphatic carbocycles. The third-order valence-electron chi connectivity index (χ3n) is 2.77. The lowest BCUT2D eigenvalue weighted by Crippen LogP contribution is -2.38. The number of amides is 1. The van der Waals surface area contributed by atoms with Gasteiger partial charge in [-0.15, -0.1) is 0 Å². The Bertz CT molecular complexity index is 466. The molecule has 3 nitrogen and oxygen atoms in total. The molecule has 1 heterocycles. The molecule has 2 rings (SSSR count). The Morgan fingerprint density at radius 1 is 1.29 bits per heavy atom. The van der Waals surface area contributed by atoms with E-state index in [1.165, 1.54) is 12.1 Å². The number of halogens is 2. The standard InChI is InChI=1S/C12H11ClFNO2/c13-11-7-8(14)1-2-10(11)12(17)15-5-3-9(16)4-6-15/h1-2,7H,3-6H2. The maximum absolute atomic E-state index is 12.9. The van der Waals surface area contributed by atoms with Crippen molar-refractivity contribution in [2.75, 3.05) is 13.1 Å². The first-order chi connectivity index (χ1) is 8.08. The number of nitrogens with zero attached hydrogens (tertiary/aromatic N) is 1. The van der Waals surface area contributed by atoms with Crippen LogP contribution in [-0.2, 0) is 4.79 Å². The topological polar surface area (TPSA) is 37.4 Å². The predicted molar refractivity (Wildman–Crippen MR) is 61.6 cm³/mol.